The highest BCUT2D eigenvalue weighted by Crippen LogP contribution is 2.30. The van der Waals surface area contributed by atoms with E-state index in [0.29, 0.717) is 33.4 Å². The summed E-state index contributed by atoms with van der Waals surface area (Å²) in [6, 6.07) is 25.1. The third kappa shape index (κ3) is 15.7. The van der Waals surface area contributed by atoms with Crippen molar-refractivity contribution in [3.63, 3.8) is 0 Å². The van der Waals surface area contributed by atoms with Gasteiger partial charge in [0.2, 0.25) is 0 Å². The molecule has 3 fully saturated rings. The van der Waals surface area contributed by atoms with Gasteiger partial charge in [0.15, 0.2) is 69.4 Å². The molecule has 6 aromatic rings. The summed E-state index contributed by atoms with van der Waals surface area (Å²) < 4.78 is 80.5. The van der Waals surface area contributed by atoms with Gasteiger partial charge in [0.1, 0.15) is 0 Å². The first-order valence-electron chi connectivity index (χ1n) is 25.7. The van der Waals surface area contributed by atoms with Crippen LogP contribution in [-0.4, -0.2) is 104 Å². The lowest BCUT2D eigenvalue weighted by Gasteiger charge is -2.25. The Morgan fingerprint density at radius 2 is 0.397 bits per heavy atom. The number of nitrogens with zero attached hydrogens (tertiary/aromatic N) is 6. The van der Waals surface area contributed by atoms with Crippen LogP contribution >= 0.6 is 0 Å². The van der Waals surface area contributed by atoms with Crippen molar-refractivity contribution in [2.45, 2.75) is 113 Å². The lowest BCUT2D eigenvalue weighted by Crippen LogP contribution is -2.27. The van der Waals surface area contributed by atoms with Gasteiger partial charge in [-0.3, -0.25) is 30.0 Å². The highest BCUT2D eigenvalue weighted by atomic mass is 19.1. The van der Waals surface area contributed by atoms with Crippen LogP contribution in [0, 0.1) is 34.9 Å². The van der Waals surface area contributed by atoms with Crippen LogP contribution < -0.4 is 0 Å². The molecule has 0 bridgehead atoms. The molecule has 3 aliphatic carbocycles. The molecule has 0 heterocycles. The van der Waals surface area contributed by atoms with E-state index >= 15 is 0 Å². The van der Waals surface area contributed by atoms with Crippen molar-refractivity contribution in [2.75, 3.05) is 0 Å². The molecule has 0 radical (unpaired) electrons. The zero-order valence-corrected chi connectivity index (χ0v) is 42.4. The molecule has 3 aliphatic rings. The fraction of sp³-hybridized carbons (Fsp3) is 0.300. The van der Waals surface area contributed by atoms with Gasteiger partial charge in [-0.1, -0.05) is 74.9 Å². The van der Waals surface area contributed by atoms with Gasteiger partial charge in [0.25, 0.3) is 0 Å². The fourth-order valence-corrected chi connectivity index (χ4v) is 9.19. The Morgan fingerprint density at radius 3 is 0.538 bits per heavy atom. The maximum Gasteiger partial charge on any atom is 0.165 e. The van der Waals surface area contributed by atoms with E-state index in [1.165, 1.54) is 110 Å². The number of para-hydroxylation sites is 6. The number of hydrogen-bond donors (Lipinski definition) is 6. The summed E-state index contributed by atoms with van der Waals surface area (Å²) in [5.41, 5.74) is 1.92. The average molecular weight is 1080 g/mol. The van der Waals surface area contributed by atoms with Gasteiger partial charge < -0.3 is 30.6 Å². The zero-order valence-electron chi connectivity index (χ0n) is 42.4. The predicted molar refractivity (Wildman–Crippen MR) is 292 cm³/mol. The number of aliphatic imine (C=N–C) groups is 6. The van der Waals surface area contributed by atoms with Gasteiger partial charge in [-0.25, -0.2) is 26.3 Å². The first-order valence-corrected chi connectivity index (χ1v) is 25.7. The van der Waals surface area contributed by atoms with E-state index < -0.39 is 69.4 Å². The molecule has 0 unspecified atom stereocenters. The highest BCUT2D eigenvalue weighted by molar-refractivity contribution is 5.87. The quantitative estimate of drug-likeness (QED) is 0.0521. The summed E-state index contributed by atoms with van der Waals surface area (Å²) in [5.74, 6) is -6.64. The number of hydrogen-bond acceptors (Lipinski definition) is 12. The summed E-state index contributed by atoms with van der Waals surface area (Å²) in [7, 11) is 0. The molecule has 6 aromatic carbocycles. The molecule has 6 atom stereocenters. The van der Waals surface area contributed by atoms with E-state index in [4.69, 9.17) is 0 Å². The van der Waals surface area contributed by atoms with Crippen molar-refractivity contribution in [2.24, 2.45) is 30.0 Å². The maximum absolute atomic E-state index is 13.4. The topological polar surface area (TPSA) is 196 Å². The van der Waals surface area contributed by atoms with Gasteiger partial charge in [-0.05, 0) is 111 Å². The van der Waals surface area contributed by atoms with Gasteiger partial charge in [-0.2, -0.15) is 0 Å². The molecule has 0 aliphatic heterocycles. The molecule has 0 saturated heterocycles. The largest absolute Gasteiger partial charge is 0.504 e. The molecule has 0 spiro atoms. The molecule has 12 nitrogen and oxygen atoms in total. The minimum Gasteiger partial charge on any atom is -0.504 e. The Kier molecular flexibility index (Phi) is 20.8. The van der Waals surface area contributed by atoms with Crippen LogP contribution in [0.4, 0.5) is 26.3 Å². The first-order chi connectivity index (χ1) is 37.7. The minimum absolute atomic E-state index is 0.113. The highest BCUT2D eigenvalue weighted by Gasteiger charge is 2.26. The van der Waals surface area contributed by atoms with Crippen molar-refractivity contribution in [1.82, 2.24) is 0 Å². The van der Waals surface area contributed by atoms with E-state index in [1.807, 2.05) is 0 Å². The number of phenolic OH excluding ortho intramolecular Hbond substituents is 6. The van der Waals surface area contributed by atoms with Gasteiger partial charge in [0.05, 0.1) is 36.3 Å². The van der Waals surface area contributed by atoms with Crippen LogP contribution in [0.25, 0.3) is 0 Å². The van der Waals surface area contributed by atoms with Crippen LogP contribution in [0.15, 0.2) is 139 Å². The lowest BCUT2D eigenvalue weighted by atomic mass is 9.91. The molecule has 78 heavy (non-hydrogen) atoms. The smallest absolute Gasteiger partial charge is 0.165 e. The fourth-order valence-electron chi connectivity index (χ4n) is 9.19. The Balaban J connectivity index is 0.000000170. The Hall–Kier alpha value is -8.28. The van der Waals surface area contributed by atoms with Crippen molar-refractivity contribution >= 4 is 37.3 Å². The molecule has 3 saturated carbocycles. The van der Waals surface area contributed by atoms with Crippen molar-refractivity contribution in [3.8, 4) is 34.5 Å². The van der Waals surface area contributed by atoms with Gasteiger partial charge in [0, 0.05) is 70.7 Å². The number of benzene rings is 6. The Morgan fingerprint density at radius 1 is 0.256 bits per heavy atom. The number of halogens is 6. The third-order valence-corrected chi connectivity index (χ3v) is 13.6. The second-order valence-corrected chi connectivity index (χ2v) is 19.0. The second kappa shape index (κ2) is 28.2. The third-order valence-electron chi connectivity index (χ3n) is 13.6. The summed E-state index contributed by atoms with van der Waals surface area (Å²) in [6.45, 7) is 0. The van der Waals surface area contributed by atoms with E-state index in [1.54, 1.807) is 36.4 Å². The summed E-state index contributed by atoms with van der Waals surface area (Å²) in [5, 5.41) is 58.5. The minimum atomic E-state index is -0.686. The Bertz CT molecular complexity index is 2630. The first kappa shape index (κ1) is 57.4. The predicted octanol–water partition coefficient (Wildman–Crippen LogP) is 12.7. The van der Waals surface area contributed by atoms with Crippen molar-refractivity contribution in [3.05, 3.63) is 177 Å². The molecule has 0 amide bonds. The summed E-state index contributed by atoms with van der Waals surface area (Å²) >= 11 is 0. The number of phenols is 6. The average Bonchev–Trinajstić information content (AvgIpc) is 3.45. The van der Waals surface area contributed by atoms with Crippen molar-refractivity contribution in [1.29, 1.82) is 0 Å². The molecule has 18 heteroatoms. The second-order valence-electron chi connectivity index (χ2n) is 19.0. The van der Waals surface area contributed by atoms with Crippen LogP contribution in [0.5, 0.6) is 34.5 Å². The number of rotatable bonds is 12. The zero-order chi connectivity index (χ0) is 55.6. The van der Waals surface area contributed by atoms with Crippen LogP contribution in [0.3, 0.4) is 0 Å². The van der Waals surface area contributed by atoms with E-state index in [2.05, 4.69) is 30.0 Å². The molecule has 6 N–H and O–H groups in total. The Labute approximate surface area is 448 Å². The van der Waals surface area contributed by atoms with Crippen LogP contribution in [-0.2, 0) is 0 Å². The van der Waals surface area contributed by atoms with Gasteiger partial charge in [-0.15, -0.1) is 0 Å². The standard InChI is InChI=1S/3C20H20F2N2O2/c3*21-15-7-3-5-13(19(15)25)11-23-17-9-1-2-10-18(17)24-12-14-6-4-8-16(22)20(14)26/h3*3-8,11-12,17-18,25-26H,1-2,9-10H2/t3*17-,18-/m000/s1. The van der Waals surface area contributed by atoms with E-state index in [9.17, 15) is 57.0 Å². The molecular weight excluding hydrogens is 1010 g/mol. The van der Waals surface area contributed by atoms with Crippen molar-refractivity contribution < 1.29 is 57.0 Å². The van der Waals surface area contributed by atoms with E-state index in [0.717, 1.165) is 77.0 Å². The normalized spacial score (nSPS) is 20.8. The molecule has 9 rings (SSSR count). The molecular formula is C60H60F6N6O6. The maximum atomic E-state index is 13.4. The van der Waals surface area contributed by atoms with Gasteiger partial charge >= 0.3 is 0 Å². The van der Waals surface area contributed by atoms with Crippen LogP contribution in [0.2, 0.25) is 0 Å². The summed E-state index contributed by atoms with van der Waals surface area (Å²) in [6.07, 6.45) is 19.8. The molecule has 408 valence electrons. The lowest BCUT2D eigenvalue weighted by molar-refractivity contribution is 0.389. The van der Waals surface area contributed by atoms with Crippen LogP contribution in [0.1, 0.15) is 110 Å². The monoisotopic (exact) mass is 1070 g/mol. The molecule has 0 aromatic heterocycles. The SMILES string of the molecule is Oc1c(F)cccc1C=N[C@H]1CCCC[C@@H]1N=Cc1cccc(F)c1O.Oc1c(F)cccc1C=N[C@H]1CCCC[C@@H]1N=Cc1cccc(F)c1O.Oc1c(F)cccc1C=N[C@H]1CCCC[C@@H]1N=Cc1cccc(F)c1O. The van der Waals surface area contributed by atoms with E-state index in [-0.39, 0.29) is 36.3 Å². The summed E-state index contributed by atoms with van der Waals surface area (Å²) in [4.78, 5) is 26.9. The number of aromatic hydroxyl groups is 6.